The van der Waals surface area contributed by atoms with Crippen molar-refractivity contribution >= 4 is 16.5 Å². The standard InChI is InChI=1S/C6H12O2Si/c1-2-3-4-5-6(7)8-9/h3-4H,2,5H2,1,9H3. The SMILES string of the molecule is CCC=CCC(=O)O[SiH3]. The van der Waals surface area contributed by atoms with E-state index in [0.29, 0.717) is 16.9 Å². The first-order valence-corrected chi connectivity index (χ1v) is 3.84. The maximum absolute atomic E-state index is 10.4. The molecular formula is C6H12O2Si. The van der Waals surface area contributed by atoms with E-state index in [2.05, 4.69) is 4.43 Å². The summed E-state index contributed by atoms with van der Waals surface area (Å²) in [5, 5.41) is 0. The molecule has 0 aliphatic carbocycles. The average Bonchev–Trinajstić information content (AvgIpc) is 1.89. The molecule has 0 aromatic rings. The van der Waals surface area contributed by atoms with Gasteiger partial charge in [-0.25, -0.2) is 0 Å². The molecule has 2 nitrogen and oxygen atoms in total. The molecule has 0 heterocycles. The van der Waals surface area contributed by atoms with Crippen LogP contribution in [0.2, 0.25) is 0 Å². The molecule has 0 radical (unpaired) electrons. The van der Waals surface area contributed by atoms with Crippen LogP contribution < -0.4 is 0 Å². The second kappa shape index (κ2) is 5.56. The highest BCUT2D eigenvalue weighted by molar-refractivity contribution is 6.05. The Morgan fingerprint density at radius 3 is 2.78 bits per heavy atom. The van der Waals surface area contributed by atoms with Crippen LogP contribution in [0.25, 0.3) is 0 Å². The summed E-state index contributed by atoms with van der Waals surface area (Å²) < 4.78 is 4.55. The molecule has 0 bridgehead atoms. The molecule has 0 aliphatic heterocycles. The minimum atomic E-state index is -0.119. The zero-order valence-corrected chi connectivity index (χ0v) is 7.89. The summed E-state index contributed by atoms with van der Waals surface area (Å²) >= 11 is 0. The average molecular weight is 144 g/mol. The van der Waals surface area contributed by atoms with Crippen LogP contribution in [0.3, 0.4) is 0 Å². The third kappa shape index (κ3) is 5.30. The number of carbonyl (C=O) groups excluding carboxylic acids is 1. The quantitative estimate of drug-likeness (QED) is 0.417. The van der Waals surface area contributed by atoms with Gasteiger partial charge in [0.25, 0.3) is 5.97 Å². The predicted octanol–water partition coefficient (Wildman–Crippen LogP) is 0.166. The first kappa shape index (κ1) is 8.43. The molecule has 3 heteroatoms. The Labute approximate surface area is 58.4 Å². The predicted molar refractivity (Wildman–Crippen MR) is 40.1 cm³/mol. The van der Waals surface area contributed by atoms with Crippen molar-refractivity contribution in [3.63, 3.8) is 0 Å². The fraction of sp³-hybridized carbons (Fsp3) is 0.500. The van der Waals surface area contributed by atoms with Gasteiger partial charge in [0.2, 0.25) is 10.5 Å². The van der Waals surface area contributed by atoms with Crippen LogP contribution in [-0.4, -0.2) is 16.5 Å². The highest BCUT2D eigenvalue weighted by atomic mass is 28.2. The molecule has 0 saturated heterocycles. The van der Waals surface area contributed by atoms with Crippen LogP contribution in [-0.2, 0) is 9.22 Å². The Morgan fingerprint density at radius 2 is 2.33 bits per heavy atom. The summed E-state index contributed by atoms with van der Waals surface area (Å²) in [5.41, 5.74) is 0. The maximum atomic E-state index is 10.4. The third-order valence-corrected chi connectivity index (χ3v) is 1.37. The Kier molecular flexibility index (Phi) is 5.21. The zero-order chi connectivity index (χ0) is 7.11. The highest BCUT2D eigenvalue weighted by Gasteiger charge is 1.90. The van der Waals surface area contributed by atoms with Gasteiger partial charge in [0.15, 0.2) is 0 Å². The number of hydrogen-bond donors (Lipinski definition) is 0. The Bertz CT molecular complexity index is 110. The summed E-state index contributed by atoms with van der Waals surface area (Å²) in [6, 6.07) is 0. The van der Waals surface area contributed by atoms with Crippen molar-refractivity contribution < 1.29 is 9.22 Å². The molecule has 0 aromatic carbocycles. The molecule has 0 saturated carbocycles. The largest absolute Gasteiger partial charge is 0.529 e. The zero-order valence-electron chi connectivity index (χ0n) is 5.89. The summed E-state index contributed by atoms with van der Waals surface area (Å²) in [4.78, 5) is 10.4. The monoisotopic (exact) mass is 144 g/mol. The molecule has 0 aromatic heterocycles. The third-order valence-electron chi connectivity index (χ3n) is 0.915. The maximum Gasteiger partial charge on any atom is 0.295 e. The lowest BCUT2D eigenvalue weighted by Crippen LogP contribution is -1.97. The molecule has 0 atom stereocenters. The number of carbonyl (C=O) groups is 1. The lowest BCUT2D eigenvalue weighted by atomic mass is 10.3. The molecule has 52 valence electrons. The van der Waals surface area contributed by atoms with Gasteiger partial charge in [-0.05, 0) is 6.42 Å². The molecule has 0 aliphatic rings. The van der Waals surface area contributed by atoms with Crippen LogP contribution in [0.1, 0.15) is 19.8 Å². The summed E-state index contributed by atoms with van der Waals surface area (Å²) in [5.74, 6) is -0.119. The van der Waals surface area contributed by atoms with Gasteiger partial charge in [-0.2, -0.15) is 0 Å². The van der Waals surface area contributed by atoms with Gasteiger partial charge in [-0.1, -0.05) is 19.1 Å². The molecular weight excluding hydrogens is 132 g/mol. The minimum Gasteiger partial charge on any atom is -0.529 e. The first-order chi connectivity index (χ1) is 4.31. The highest BCUT2D eigenvalue weighted by Crippen LogP contribution is 1.87. The van der Waals surface area contributed by atoms with E-state index in [9.17, 15) is 4.79 Å². The van der Waals surface area contributed by atoms with Gasteiger partial charge in [0.05, 0.1) is 6.42 Å². The lowest BCUT2D eigenvalue weighted by Gasteiger charge is -1.91. The summed E-state index contributed by atoms with van der Waals surface area (Å²) in [6.45, 7) is 2.03. The number of rotatable bonds is 3. The topological polar surface area (TPSA) is 26.3 Å². The molecule has 0 fully saturated rings. The van der Waals surface area contributed by atoms with Gasteiger partial charge in [0, 0.05) is 0 Å². The van der Waals surface area contributed by atoms with E-state index in [-0.39, 0.29) is 5.97 Å². The summed E-state index contributed by atoms with van der Waals surface area (Å²) in [7, 11) is 0.508. The molecule has 0 spiro atoms. The van der Waals surface area contributed by atoms with Crippen molar-refractivity contribution in [1.82, 2.24) is 0 Å². The van der Waals surface area contributed by atoms with Gasteiger partial charge in [0.1, 0.15) is 0 Å². The fourth-order valence-corrected chi connectivity index (χ4v) is 0.596. The van der Waals surface area contributed by atoms with Crippen LogP contribution in [0.15, 0.2) is 12.2 Å². The fourth-order valence-electron chi connectivity index (χ4n) is 0.430. The molecule has 0 unspecified atom stereocenters. The van der Waals surface area contributed by atoms with Crippen molar-refractivity contribution in [2.75, 3.05) is 0 Å². The minimum absolute atomic E-state index is 0.119. The van der Waals surface area contributed by atoms with Crippen LogP contribution in [0, 0.1) is 0 Å². The van der Waals surface area contributed by atoms with Crippen molar-refractivity contribution in [3.05, 3.63) is 12.2 Å². The number of allylic oxidation sites excluding steroid dienone is 1. The lowest BCUT2D eigenvalue weighted by molar-refractivity contribution is -0.133. The second-order valence-corrected chi connectivity index (χ2v) is 2.07. The van der Waals surface area contributed by atoms with Crippen molar-refractivity contribution in [2.24, 2.45) is 0 Å². The van der Waals surface area contributed by atoms with E-state index >= 15 is 0 Å². The van der Waals surface area contributed by atoms with Gasteiger partial charge in [-0.15, -0.1) is 0 Å². The van der Waals surface area contributed by atoms with Gasteiger partial charge in [-0.3, -0.25) is 4.79 Å². The smallest absolute Gasteiger partial charge is 0.295 e. The molecule has 0 N–H and O–H groups in total. The number of hydrogen-bond acceptors (Lipinski definition) is 2. The van der Waals surface area contributed by atoms with Crippen molar-refractivity contribution in [3.8, 4) is 0 Å². The van der Waals surface area contributed by atoms with E-state index in [4.69, 9.17) is 0 Å². The van der Waals surface area contributed by atoms with Crippen LogP contribution in [0.5, 0.6) is 0 Å². The Morgan fingerprint density at radius 1 is 1.67 bits per heavy atom. The van der Waals surface area contributed by atoms with Crippen molar-refractivity contribution in [2.45, 2.75) is 19.8 Å². The van der Waals surface area contributed by atoms with Crippen molar-refractivity contribution in [1.29, 1.82) is 0 Å². The van der Waals surface area contributed by atoms with Gasteiger partial charge >= 0.3 is 0 Å². The summed E-state index contributed by atoms with van der Waals surface area (Å²) in [6.07, 6.45) is 5.20. The molecule has 0 amide bonds. The van der Waals surface area contributed by atoms with Crippen LogP contribution in [0.4, 0.5) is 0 Å². The van der Waals surface area contributed by atoms with Crippen LogP contribution >= 0.6 is 0 Å². The van der Waals surface area contributed by atoms with E-state index in [1.165, 1.54) is 0 Å². The Balaban J connectivity index is 3.26. The normalized spacial score (nSPS) is 10.3. The van der Waals surface area contributed by atoms with E-state index in [1.54, 1.807) is 0 Å². The second-order valence-electron chi connectivity index (χ2n) is 1.66. The first-order valence-electron chi connectivity index (χ1n) is 3.03. The Hall–Kier alpha value is -0.573. The van der Waals surface area contributed by atoms with Gasteiger partial charge < -0.3 is 4.43 Å². The van der Waals surface area contributed by atoms with E-state index in [1.807, 2.05) is 19.1 Å². The van der Waals surface area contributed by atoms with E-state index in [0.717, 1.165) is 6.42 Å². The molecule has 0 rings (SSSR count). The van der Waals surface area contributed by atoms with E-state index < -0.39 is 0 Å². The molecule has 9 heavy (non-hydrogen) atoms.